The van der Waals surface area contributed by atoms with Gasteiger partial charge >= 0.3 is 0 Å². The Balaban J connectivity index is 3.60. The number of amides is 1. The number of hydrogen-bond donors (Lipinski definition) is 1. The summed E-state index contributed by atoms with van der Waals surface area (Å²) in [4.78, 5) is 15.5. The molecule has 0 spiro atoms. The van der Waals surface area contributed by atoms with Crippen LogP contribution in [0, 0.1) is 0 Å². The van der Waals surface area contributed by atoms with Gasteiger partial charge in [-0.25, -0.2) is 0 Å². The summed E-state index contributed by atoms with van der Waals surface area (Å²) in [6.07, 6.45) is 2.36. The van der Waals surface area contributed by atoms with Crippen molar-refractivity contribution in [3.8, 4) is 0 Å². The van der Waals surface area contributed by atoms with Gasteiger partial charge in [0, 0.05) is 26.1 Å². The highest BCUT2D eigenvalue weighted by Gasteiger charge is 2.08. The second-order valence-electron chi connectivity index (χ2n) is 4.49. The Bertz CT molecular complexity index is 181. The van der Waals surface area contributed by atoms with Crippen LogP contribution in [0.2, 0.25) is 0 Å². The van der Waals surface area contributed by atoms with Crippen molar-refractivity contribution in [2.24, 2.45) is 5.73 Å². The molecule has 0 bridgehead atoms. The normalized spacial score (nSPS) is 12.9. The fourth-order valence-corrected chi connectivity index (χ4v) is 1.29. The number of nitrogens with two attached hydrogens (primary N) is 1. The maximum Gasteiger partial charge on any atom is 0.222 e. The number of hydrogen-bond acceptors (Lipinski definition) is 3. The van der Waals surface area contributed by atoms with Crippen molar-refractivity contribution >= 4 is 5.91 Å². The Morgan fingerprint density at radius 2 is 1.87 bits per heavy atom. The molecular formula is C11H25N3O. The minimum atomic E-state index is 0.115. The number of nitrogens with zero attached hydrogens (tertiary/aromatic N) is 2. The Labute approximate surface area is 93.4 Å². The van der Waals surface area contributed by atoms with Crippen LogP contribution >= 0.6 is 0 Å². The van der Waals surface area contributed by atoms with E-state index < -0.39 is 0 Å². The first-order valence-electron chi connectivity index (χ1n) is 5.57. The van der Waals surface area contributed by atoms with E-state index in [4.69, 9.17) is 5.73 Å². The van der Waals surface area contributed by atoms with Crippen molar-refractivity contribution in [3.05, 3.63) is 0 Å². The van der Waals surface area contributed by atoms with Gasteiger partial charge in [0.05, 0.1) is 0 Å². The van der Waals surface area contributed by atoms with E-state index in [2.05, 4.69) is 4.90 Å². The molecule has 15 heavy (non-hydrogen) atoms. The van der Waals surface area contributed by atoms with Crippen molar-refractivity contribution in [2.75, 3.05) is 34.2 Å². The molecule has 0 aromatic heterocycles. The largest absolute Gasteiger partial charge is 0.346 e. The molecular weight excluding hydrogens is 190 g/mol. The minimum Gasteiger partial charge on any atom is -0.346 e. The summed E-state index contributed by atoms with van der Waals surface area (Å²) >= 11 is 0. The maximum absolute atomic E-state index is 11.6. The zero-order chi connectivity index (χ0) is 11.8. The highest BCUT2D eigenvalue weighted by Crippen LogP contribution is 1.99. The lowest BCUT2D eigenvalue weighted by Crippen LogP contribution is -2.30. The van der Waals surface area contributed by atoms with Gasteiger partial charge in [-0.15, -0.1) is 0 Å². The monoisotopic (exact) mass is 215 g/mol. The Kier molecular flexibility index (Phi) is 7.34. The lowest BCUT2D eigenvalue weighted by Gasteiger charge is -2.19. The third-order valence-electron chi connectivity index (χ3n) is 2.34. The van der Waals surface area contributed by atoms with Gasteiger partial charge in [-0.05, 0) is 40.4 Å². The lowest BCUT2D eigenvalue weighted by molar-refractivity contribution is -0.130. The van der Waals surface area contributed by atoms with Gasteiger partial charge in [0.25, 0.3) is 0 Å². The van der Waals surface area contributed by atoms with Gasteiger partial charge in [-0.2, -0.15) is 0 Å². The molecule has 0 saturated carbocycles. The van der Waals surface area contributed by atoms with Crippen molar-refractivity contribution in [1.82, 2.24) is 9.80 Å². The molecule has 0 aliphatic rings. The second-order valence-corrected chi connectivity index (χ2v) is 4.49. The quantitative estimate of drug-likeness (QED) is 0.674. The van der Waals surface area contributed by atoms with E-state index >= 15 is 0 Å². The van der Waals surface area contributed by atoms with Gasteiger partial charge < -0.3 is 15.5 Å². The second kappa shape index (κ2) is 7.65. The van der Waals surface area contributed by atoms with E-state index in [-0.39, 0.29) is 11.9 Å². The van der Waals surface area contributed by atoms with Gasteiger partial charge in [-0.3, -0.25) is 4.79 Å². The van der Waals surface area contributed by atoms with Crippen LogP contribution in [0.5, 0.6) is 0 Å². The van der Waals surface area contributed by atoms with Gasteiger partial charge in [0.2, 0.25) is 5.91 Å². The summed E-state index contributed by atoms with van der Waals surface area (Å²) in [6.45, 7) is 3.78. The molecule has 1 atom stereocenters. The Morgan fingerprint density at radius 1 is 1.27 bits per heavy atom. The van der Waals surface area contributed by atoms with Crippen LogP contribution in [0.3, 0.4) is 0 Å². The number of carbonyl (C=O) groups is 1. The highest BCUT2D eigenvalue weighted by atomic mass is 16.2. The molecule has 1 amide bonds. The summed E-state index contributed by atoms with van der Waals surface area (Å²) in [6, 6.07) is 0.115. The maximum atomic E-state index is 11.6. The van der Waals surface area contributed by atoms with Crippen molar-refractivity contribution in [2.45, 2.75) is 32.2 Å². The minimum absolute atomic E-state index is 0.115. The molecule has 0 saturated heterocycles. The average molecular weight is 215 g/mol. The van der Waals surface area contributed by atoms with E-state index in [1.165, 1.54) is 0 Å². The SMILES string of the molecule is CC(N)CCC(=O)N(C)CCCN(C)C. The fourth-order valence-electron chi connectivity index (χ4n) is 1.29. The van der Waals surface area contributed by atoms with Crippen molar-refractivity contribution in [3.63, 3.8) is 0 Å². The molecule has 0 rings (SSSR count). The molecule has 1 unspecified atom stereocenters. The van der Waals surface area contributed by atoms with E-state index in [9.17, 15) is 4.79 Å². The zero-order valence-electron chi connectivity index (χ0n) is 10.5. The van der Waals surface area contributed by atoms with Crippen LogP contribution in [0.15, 0.2) is 0 Å². The molecule has 0 heterocycles. The smallest absolute Gasteiger partial charge is 0.222 e. The van der Waals surface area contributed by atoms with Crippen LogP contribution in [-0.2, 0) is 4.79 Å². The van der Waals surface area contributed by atoms with Crippen LogP contribution in [0.25, 0.3) is 0 Å². The first-order chi connectivity index (χ1) is 6.93. The molecule has 90 valence electrons. The van der Waals surface area contributed by atoms with Crippen LogP contribution in [-0.4, -0.2) is 56.0 Å². The molecule has 0 fully saturated rings. The van der Waals surface area contributed by atoms with Gasteiger partial charge in [-0.1, -0.05) is 0 Å². The molecule has 0 aliphatic carbocycles. The van der Waals surface area contributed by atoms with Crippen molar-refractivity contribution < 1.29 is 4.79 Å². The predicted octanol–water partition coefficient (Wildman–Crippen LogP) is 0.524. The number of rotatable bonds is 7. The van der Waals surface area contributed by atoms with E-state index in [0.29, 0.717) is 6.42 Å². The fraction of sp³-hybridized carbons (Fsp3) is 0.909. The topological polar surface area (TPSA) is 49.6 Å². The summed E-state index contributed by atoms with van der Waals surface area (Å²) in [5.74, 6) is 0.200. The molecule has 0 radical (unpaired) electrons. The first-order valence-corrected chi connectivity index (χ1v) is 5.57. The third-order valence-corrected chi connectivity index (χ3v) is 2.34. The Morgan fingerprint density at radius 3 is 2.33 bits per heavy atom. The zero-order valence-corrected chi connectivity index (χ0v) is 10.5. The van der Waals surface area contributed by atoms with Crippen LogP contribution < -0.4 is 5.73 Å². The average Bonchev–Trinajstić information content (AvgIpc) is 2.13. The summed E-state index contributed by atoms with van der Waals surface area (Å²) in [5.41, 5.74) is 5.60. The van der Waals surface area contributed by atoms with E-state index in [0.717, 1.165) is 25.9 Å². The van der Waals surface area contributed by atoms with E-state index in [1.54, 1.807) is 4.90 Å². The summed E-state index contributed by atoms with van der Waals surface area (Å²) in [7, 11) is 5.94. The molecule has 0 aromatic rings. The number of carbonyl (C=O) groups excluding carboxylic acids is 1. The van der Waals surface area contributed by atoms with Gasteiger partial charge in [0.15, 0.2) is 0 Å². The van der Waals surface area contributed by atoms with Crippen LogP contribution in [0.4, 0.5) is 0 Å². The predicted molar refractivity (Wildman–Crippen MR) is 63.7 cm³/mol. The molecule has 4 heteroatoms. The molecule has 4 nitrogen and oxygen atoms in total. The van der Waals surface area contributed by atoms with E-state index in [1.807, 2.05) is 28.1 Å². The highest BCUT2D eigenvalue weighted by molar-refractivity contribution is 5.75. The first kappa shape index (κ1) is 14.4. The summed E-state index contributed by atoms with van der Waals surface area (Å²) in [5, 5.41) is 0. The standard InChI is InChI=1S/C11H25N3O/c1-10(12)6-7-11(15)14(4)9-5-8-13(2)3/h10H,5-9,12H2,1-4H3. The van der Waals surface area contributed by atoms with Gasteiger partial charge in [0.1, 0.15) is 0 Å². The summed E-state index contributed by atoms with van der Waals surface area (Å²) < 4.78 is 0. The molecule has 0 aliphatic heterocycles. The third kappa shape index (κ3) is 8.39. The van der Waals surface area contributed by atoms with Crippen LogP contribution in [0.1, 0.15) is 26.2 Å². The van der Waals surface area contributed by atoms with Crippen molar-refractivity contribution in [1.29, 1.82) is 0 Å². The lowest BCUT2D eigenvalue weighted by atomic mass is 10.2. The molecule has 0 aromatic carbocycles. The molecule has 2 N–H and O–H groups in total. The Hall–Kier alpha value is -0.610.